The van der Waals surface area contributed by atoms with E-state index in [1.54, 1.807) is 23.6 Å². The van der Waals surface area contributed by atoms with Crippen molar-refractivity contribution in [3.63, 3.8) is 0 Å². The molecule has 0 bridgehead atoms. The minimum atomic E-state index is -0.829. The Bertz CT molecular complexity index is 1230. The average Bonchev–Trinajstić information content (AvgIpc) is 3.35. The third kappa shape index (κ3) is 4.89. The third-order valence-corrected chi connectivity index (χ3v) is 7.73. The first-order valence-corrected chi connectivity index (χ1v) is 12.2. The van der Waals surface area contributed by atoms with Crippen molar-refractivity contribution in [1.29, 1.82) is 0 Å². The number of carbonyl (C=O) groups is 4. The van der Waals surface area contributed by atoms with Crippen LogP contribution < -0.4 is 5.32 Å². The van der Waals surface area contributed by atoms with Gasteiger partial charge < -0.3 is 15.0 Å². The van der Waals surface area contributed by atoms with Gasteiger partial charge in [-0.2, -0.15) is 0 Å². The number of nitrogens with one attached hydrogen (secondary N) is 1. The van der Waals surface area contributed by atoms with Crippen LogP contribution in [0.3, 0.4) is 0 Å². The number of carboxylic acid groups (broad SMARTS) is 1. The second-order valence-electron chi connectivity index (χ2n) is 10.0. The van der Waals surface area contributed by atoms with E-state index >= 15 is 0 Å². The van der Waals surface area contributed by atoms with Crippen LogP contribution >= 0.6 is 11.6 Å². The summed E-state index contributed by atoms with van der Waals surface area (Å²) in [6, 6.07) is 4.34. The van der Waals surface area contributed by atoms with E-state index < -0.39 is 40.6 Å². The lowest BCUT2D eigenvalue weighted by Gasteiger charge is -2.35. The first kappa shape index (κ1) is 25.1. The van der Waals surface area contributed by atoms with Gasteiger partial charge in [-0.15, -0.1) is 0 Å². The lowest BCUT2D eigenvalue weighted by molar-refractivity contribution is -0.143. The highest BCUT2D eigenvalue weighted by molar-refractivity contribution is 6.48. The van der Waals surface area contributed by atoms with Crippen LogP contribution in [0.1, 0.15) is 77.6 Å². The van der Waals surface area contributed by atoms with Gasteiger partial charge in [0, 0.05) is 24.3 Å². The van der Waals surface area contributed by atoms with E-state index in [0.717, 1.165) is 0 Å². The second kappa shape index (κ2) is 9.57. The molecule has 0 saturated heterocycles. The smallest absolute Gasteiger partial charge is 0.306 e. The zero-order valence-electron chi connectivity index (χ0n) is 19.7. The van der Waals surface area contributed by atoms with Crippen molar-refractivity contribution in [3.05, 3.63) is 51.6 Å². The van der Waals surface area contributed by atoms with Gasteiger partial charge in [0.1, 0.15) is 11.5 Å². The van der Waals surface area contributed by atoms with Crippen molar-refractivity contribution >= 4 is 40.7 Å². The molecule has 9 heteroatoms. The van der Waals surface area contributed by atoms with E-state index in [4.69, 9.17) is 11.6 Å². The highest BCUT2D eigenvalue weighted by atomic mass is 35.5. The van der Waals surface area contributed by atoms with Crippen molar-refractivity contribution in [2.45, 2.75) is 65.3 Å². The molecule has 1 aromatic carbocycles. The monoisotopic (exact) mass is 502 g/mol. The number of aryl methyl sites for hydroxylation is 1. The van der Waals surface area contributed by atoms with Gasteiger partial charge in [-0.1, -0.05) is 24.6 Å². The maximum Gasteiger partial charge on any atom is 0.306 e. The van der Waals surface area contributed by atoms with Crippen molar-refractivity contribution in [2.24, 2.45) is 11.3 Å². The van der Waals surface area contributed by atoms with E-state index in [-0.39, 0.29) is 28.4 Å². The molecule has 0 radical (unpaired) electrons. The molecular weight excluding hydrogens is 475 g/mol. The Morgan fingerprint density at radius 2 is 1.91 bits per heavy atom. The number of rotatable bonds is 7. The molecule has 1 aromatic heterocycles. The van der Waals surface area contributed by atoms with Crippen LogP contribution in [0.25, 0.3) is 0 Å². The number of aliphatic carboxylic acids is 1. The molecule has 1 saturated carbocycles. The van der Waals surface area contributed by atoms with Crippen LogP contribution in [-0.2, 0) is 22.6 Å². The molecular formula is C26H28ClFN2O5. The molecule has 0 spiro atoms. The maximum absolute atomic E-state index is 13.9. The Kier molecular flexibility index (Phi) is 6.86. The molecule has 4 rings (SSSR count). The van der Waals surface area contributed by atoms with Crippen molar-refractivity contribution in [2.75, 3.05) is 5.32 Å². The number of carboxylic acids is 1. The number of hydrogen-bond acceptors (Lipinski definition) is 4. The minimum Gasteiger partial charge on any atom is -0.481 e. The predicted molar refractivity (Wildman–Crippen MR) is 129 cm³/mol. The molecule has 186 valence electrons. The fourth-order valence-corrected chi connectivity index (χ4v) is 5.58. The summed E-state index contributed by atoms with van der Waals surface area (Å²) in [5.41, 5.74) is 0.996. The van der Waals surface area contributed by atoms with Gasteiger partial charge in [0.25, 0.3) is 5.91 Å². The molecule has 1 aliphatic carbocycles. The molecule has 0 unspecified atom stereocenters. The number of fused-ring (bicyclic) bond motifs is 1. The van der Waals surface area contributed by atoms with Gasteiger partial charge in [0.05, 0.1) is 16.5 Å². The van der Waals surface area contributed by atoms with Gasteiger partial charge in [-0.05, 0) is 68.6 Å². The number of nitrogens with zero attached hydrogens (tertiary/aromatic N) is 1. The highest BCUT2D eigenvalue weighted by Gasteiger charge is 2.39. The van der Waals surface area contributed by atoms with Crippen molar-refractivity contribution < 1.29 is 28.7 Å². The van der Waals surface area contributed by atoms with Gasteiger partial charge in [0.15, 0.2) is 0 Å². The summed E-state index contributed by atoms with van der Waals surface area (Å²) in [5.74, 6) is -3.59. The molecule has 7 nitrogen and oxygen atoms in total. The number of hydrogen-bond donors (Lipinski definition) is 2. The van der Waals surface area contributed by atoms with E-state index in [0.29, 0.717) is 56.3 Å². The summed E-state index contributed by atoms with van der Waals surface area (Å²) >= 11 is 6.54. The topological polar surface area (TPSA) is 105 Å². The quantitative estimate of drug-likeness (QED) is 0.399. The number of aromatic nitrogens is 1. The summed E-state index contributed by atoms with van der Waals surface area (Å²) in [7, 11) is 0. The maximum atomic E-state index is 13.9. The van der Waals surface area contributed by atoms with Crippen LogP contribution in [-0.4, -0.2) is 33.1 Å². The number of benzene rings is 1. The Labute approximate surface area is 207 Å². The van der Waals surface area contributed by atoms with Crippen LogP contribution in [0.15, 0.2) is 18.2 Å². The van der Waals surface area contributed by atoms with Gasteiger partial charge in [-0.3, -0.25) is 19.2 Å². The van der Waals surface area contributed by atoms with E-state index in [2.05, 4.69) is 5.32 Å². The molecule has 1 fully saturated rings. The number of anilines is 1. The molecule has 1 aliphatic heterocycles. The largest absolute Gasteiger partial charge is 0.481 e. The van der Waals surface area contributed by atoms with E-state index in [1.807, 2.05) is 6.92 Å². The van der Waals surface area contributed by atoms with Crippen LogP contribution in [0, 0.1) is 24.1 Å². The predicted octanol–water partition coefficient (Wildman–Crippen LogP) is 5.21. The molecule has 2 N–H and O–H groups in total. The van der Waals surface area contributed by atoms with Gasteiger partial charge >= 0.3 is 5.97 Å². The summed E-state index contributed by atoms with van der Waals surface area (Å²) in [4.78, 5) is 50.6. The molecule has 2 aromatic rings. The van der Waals surface area contributed by atoms with E-state index in [1.165, 1.54) is 6.07 Å². The fourth-order valence-electron chi connectivity index (χ4n) is 5.20. The summed E-state index contributed by atoms with van der Waals surface area (Å²) in [6.45, 7) is 3.99. The summed E-state index contributed by atoms with van der Waals surface area (Å²) < 4.78 is 15.6. The van der Waals surface area contributed by atoms with Gasteiger partial charge in [0.2, 0.25) is 11.6 Å². The zero-order valence-corrected chi connectivity index (χ0v) is 20.5. The number of amides is 1. The molecule has 0 atom stereocenters. The Balaban J connectivity index is 1.55. The van der Waals surface area contributed by atoms with E-state index in [9.17, 15) is 28.7 Å². The SMILES string of the molecule is Cc1ccc(NC(=O)c2c(Cl)c(C(=O)C(=O)CC3(C)CCC(C(=O)O)CC3)n3c2CCC3)cc1F. The lowest BCUT2D eigenvalue weighted by atomic mass is 9.69. The second-order valence-corrected chi connectivity index (χ2v) is 10.4. The fraction of sp³-hybridized carbons (Fsp3) is 0.462. The number of halogens is 2. The Hall–Kier alpha value is -3.00. The normalized spacial score (nSPS) is 21.4. The summed E-state index contributed by atoms with van der Waals surface area (Å²) in [5, 5.41) is 11.8. The zero-order chi connectivity index (χ0) is 25.5. The Morgan fingerprint density at radius 3 is 2.54 bits per heavy atom. The molecule has 2 aliphatic rings. The molecule has 35 heavy (non-hydrogen) atoms. The van der Waals surface area contributed by atoms with Crippen LogP contribution in [0.5, 0.6) is 0 Å². The van der Waals surface area contributed by atoms with Crippen molar-refractivity contribution in [3.8, 4) is 0 Å². The number of Topliss-reactive ketones (excluding diaryl/α,β-unsaturated/α-hetero) is 2. The molecule has 1 amide bonds. The molecule has 2 heterocycles. The lowest BCUT2D eigenvalue weighted by Crippen LogP contribution is -2.32. The number of carbonyl (C=O) groups excluding carboxylic acids is 3. The average molecular weight is 503 g/mol. The van der Waals surface area contributed by atoms with Crippen molar-refractivity contribution in [1.82, 2.24) is 4.57 Å². The first-order chi connectivity index (χ1) is 16.5. The van der Waals surface area contributed by atoms with Crippen LogP contribution in [0.2, 0.25) is 5.02 Å². The van der Waals surface area contributed by atoms with Crippen LogP contribution in [0.4, 0.5) is 10.1 Å². The Morgan fingerprint density at radius 1 is 1.23 bits per heavy atom. The summed E-state index contributed by atoms with van der Waals surface area (Å²) in [6.07, 6.45) is 3.26. The highest BCUT2D eigenvalue weighted by Crippen LogP contribution is 2.42. The third-order valence-electron chi connectivity index (χ3n) is 7.36. The first-order valence-electron chi connectivity index (χ1n) is 11.8. The standard InChI is InChI=1S/C26H28ClFN2O5/c1-14-5-6-16(12-17(14)28)29-24(33)20-18-4-3-11-30(18)22(21(20)27)23(32)19(31)13-26(2)9-7-15(8-10-26)25(34)35/h5-6,12,15H,3-4,7-11,13H2,1-2H3,(H,29,33)(H,34,35). The van der Waals surface area contributed by atoms with Gasteiger partial charge in [-0.25, -0.2) is 4.39 Å². The minimum absolute atomic E-state index is 0.000806. The number of ketones is 2.